The third kappa shape index (κ3) is 5.79. The number of fused-ring (bicyclic) bond motifs is 1. The van der Waals surface area contributed by atoms with Gasteiger partial charge in [-0.3, -0.25) is 4.79 Å². The highest BCUT2D eigenvalue weighted by Gasteiger charge is 2.21. The number of nitrogens with one attached hydrogen (secondary N) is 1. The highest BCUT2D eigenvalue weighted by atomic mass is 32.2. The predicted octanol–water partition coefficient (Wildman–Crippen LogP) is 2.92. The van der Waals surface area contributed by atoms with Gasteiger partial charge in [-0.25, -0.2) is 4.79 Å². The molecule has 0 fully saturated rings. The fourth-order valence-electron chi connectivity index (χ4n) is 2.51. The molecule has 6 nitrogen and oxygen atoms in total. The molecule has 0 spiro atoms. The Kier molecular flexibility index (Phi) is 6.97. The van der Waals surface area contributed by atoms with Crippen LogP contribution in [-0.2, 0) is 14.3 Å². The van der Waals surface area contributed by atoms with Crippen LogP contribution in [0.2, 0.25) is 0 Å². The Bertz CT molecular complexity index is 850. The number of ether oxygens (including phenoxy) is 3. The Morgan fingerprint density at radius 1 is 1.18 bits per heavy atom. The second kappa shape index (κ2) is 9.85. The van der Waals surface area contributed by atoms with Crippen LogP contribution in [0.3, 0.4) is 0 Å². The van der Waals surface area contributed by atoms with Crippen molar-refractivity contribution in [2.45, 2.75) is 11.0 Å². The van der Waals surface area contributed by atoms with Gasteiger partial charge >= 0.3 is 5.97 Å². The topological polar surface area (TPSA) is 73.9 Å². The van der Waals surface area contributed by atoms with Crippen LogP contribution < -0.4 is 14.8 Å². The first-order chi connectivity index (χ1) is 13.6. The van der Waals surface area contributed by atoms with Crippen LogP contribution in [0.25, 0.3) is 6.08 Å². The molecule has 3 rings (SSSR count). The summed E-state index contributed by atoms with van der Waals surface area (Å²) in [6.45, 7) is 0.260. The lowest BCUT2D eigenvalue weighted by molar-refractivity contribution is -0.143. The van der Waals surface area contributed by atoms with Gasteiger partial charge in [0.1, 0.15) is 12.7 Å². The molecule has 1 aliphatic heterocycles. The van der Waals surface area contributed by atoms with E-state index >= 15 is 0 Å². The molecule has 1 atom stereocenters. The van der Waals surface area contributed by atoms with Crippen molar-refractivity contribution >= 4 is 29.7 Å². The van der Waals surface area contributed by atoms with Gasteiger partial charge in [-0.15, -0.1) is 11.8 Å². The number of carbonyl (C=O) groups excluding carboxylic acids is 2. The summed E-state index contributed by atoms with van der Waals surface area (Å²) in [5.41, 5.74) is 0.883. The molecular weight excluding hydrogens is 378 g/mol. The van der Waals surface area contributed by atoms with Crippen LogP contribution in [0.4, 0.5) is 0 Å². The van der Waals surface area contributed by atoms with E-state index in [1.165, 1.54) is 6.08 Å². The lowest BCUT2D eigenvalue weighted by Gasteiger charge is -2.26. The number of hydrogen-bond donors (Lipinski definition) is 1. The van der Waals surface area contributed by atoms with E-state index in [1.54, 1.807) is 17.8 Å². The highest BCUT2D eigenvalue weighted by Crippen LogP contribution is 2.30. The van der Waals surface area contributed by atoms with Gasteiger partial charge in [0, 0.05) is 11.0 Å². The summed E-state index contributed by atoms with van der Waals surface area (Å²) in [5, 5.41) is 2.68. The summed E-state index contributed by atoms with van der Waals surface area (Å²) in [6, 6.07) is 15.1. The molecule has 1 amide bonds. The summed E-state index contributed by atoms with van der Waals surface area (Å²) in [5.74, 6) is 0.368. The molecule has 0 aromatic heterocycles. The second-order valence-corrected chi connectivity index (χ2v) is 6.90. The van der Waals surface area contributed by atoms with Gasteiger partial charge in [-0.1, -0.05) is 24.3 Å². The minimum Gasteiger partial charge on any atom is -0.486 e. The third-order valence-electron chi connectivity index (χ3n) is 3.97. The Morgan fingerprint density at radius 2 is 1.93 bits per heavy atom. The normalized spacial score (nSPS) is 15.2. The summed E-state index contributed by atoms with van der Waals surface area (Å²) >= 11 is 1.65. The van der Waals surface area contributed by atoms with Crippen molar-refractivity contribution in [1.29, 1.82) is 0 Å². The smallest absolute Gasteiger partial charge is 0.331 e. The number of hydrogen-bond acceptors (Lipinski definition) is 6. The molecule has 0 aliphatic carbocycles. The van der Waals surface area contributed by atoms with Crippen LogP contribution in [-0.4, -0.2) is 44.0 Å². The standard InChI is InChI=1S/C21H21NO5S/c1-28-17-9-6-15(7-10-17)8-11-21(24)26-14-20(23)22-12-16-13-25-18-4-2-3-5-19(18)27-16/h2-11,16H,12-14H2,1H3,(H,22,23)/b11-8+. The molecule has 0 saturated carbocycles. The second-order valence-electron chi connectivity index (χ2n) is 6.02. The van der Waals surface area contributed by atoms with E-state index in [0.29, 0.717) is 18.1 Å². The van der Waals surface area contributed by atoms with Crippen LogP contribution in [0.5, 0.6) is 11.5 Å². The summed E-state index contributed by atoms with van der Waals surface area (Å²) in [6.07, 6.45) is 4.66. The number of para-hydroxylation sites is 2. The van der Waals surface area contributed by atoms with Crippen molar-refractivity contribution < 1.29 is 23.8 Å². The molecule has 7 heteroatoms. The predicted molar refractivity (Wildman–Crippen MR) is 108 cm³/mol. The fraction of sp³-hybridized carbons (Fsp3) is 0.238. The minimum absolute atomic E-state index is 0.266. The van der Waals surface area contributed by atoms with Gasteiger partial charge in [0.2, 0.25) is 0 Å². The SMILES string of the molecule is CSc1ccc(/C=C/C(=O)OCC(=O)NCC2COc3ccccc3O2)cc1. The molecule has 1 heterocycles. The van der Waals surface area contributed by atoms with E-state index in [2.05, 4.69) is 5.32 Å². The van der Waals surface area contributed by atoms with E-state index in [9.17, 15) is 9.59 Å². The first kappa shape index (κ1) is 19.8. The number of carbonyl (C=O) groups is 2. The Labute approximate surface area is 167 Å². The van der Waals surface area contributed by atoms with Crippen molar-refractivity contribution in [1.82, 2.24) is 5.32 Å². The van der Waals surface area contributed by atoms with Gasteiger partial charge in [0.25, 0.3) is 5.91 Å². The Hall–Kier alpha value is -2.93. The molecule has 0 bridgehead atoms. The van der Waals surface area contributed by atoms with E-state index in [4.69, 9.17) is 14.2 Å². The average molecular weight is 399 g/mol. The van der Waals surface area contributed by atoms with Gasteiger partial charge in [0.15, 0.2) is 18.1 Å². The maximum atomic E-state index is 11.9. The summed E-state index contributed by atoms with van der Waals surface area (Å²) in [4.78, 5) is 24.8. The maximum Gasteiger partial charge on any atom is 0.331 e. The van der Waals surface area contributed by atoms with Gasteiger partial charge in [-0.2, -0.15) is 0 Å². The number of rotatable bonds is 7. The van der Waals surface area contributed by atoms with Gasteiger partial charge in [-0.05, 0) is 42.2 Å². The highest BCUT2D eigenvalue weighted by molar-refractivity contribution is 7.98. The van der Waals surface area contributed by atoms with Crippen LogP contribution >= 0.6 is 11.8 Å². The molecule has 2 aromatic carbocycles. The molecule has 146 valence electrons. The van der Waals surface area contributed by atoms with E-state index in [0.717, 1.165) is 10.5 Å². The quantitative estimate of drug-likeness (QED) is 0.438. The Morgan fingerprint density at radius 3 is 2.68 bits per heavy atom. The van der Waals surface area contributed by atoms with E-state index in [1.807, 2.05) is 54.8 Å². The molecule has 0 saturated heterocycles. The zero-order chi connectivity index (χ0) is 19.8. The molecular formula is C21H21NO5S. The Balaban J connectivity index is 1.37. The van der Waals surface area contributed by atoms with Crippen molar-refractivity contribution in [2.24, 2.45) is 0 Å². The zero-order valence-electron chi connectivity index (χ0n) is 15.4. The number of amides is 1. The molecule has 1 aliphatic rings. The molecule has 2 aromatic rings. The molecule has 0 radical (unpaired) electrons. The van der Waals surface area contributed by atoms with Crippen molar-refractivity contribution in [3.05, 3.63) is 60.2 Å². The van der Waals surface area contributed by atoms with Crippen molar-refractivity contribution in [2.75, 3.05) is 26.0 Å². The van der Waals surface area contributed by atoms with Crippen LogP contribution in [0.1, 0.15) is 5.56 Å². The number of thioether (sulfide) groups is 1. The third-order valence-corrected chi connectivity index (χ3v) is 4.71. The fourth-order valence-corrected chi connectivity index (χ4v) is 2.91. The van der Waals surface area contributed by atoms with Crippen LogP contribution in [0, 0.1) is 0 Å². The minimum atomic E-state index is -0.574. The first-order valence-electron chi connectivity index (χ1n) is 8.78. The summed E-state index contributed by atoms with van der Waals surface area (Å²) in [7, 11) is 0. The first-order valence-corrected chi connectivity index (χ1v) is 10.0. The largest absolute Gasteiger partial charge is 0.486 e. The summed E-state index contributed by atoms with van der Waals surface area (Å²) < 4.78 is 16.3. The maximum absolute atomic E-state index is 11.9. The molecule has 1 unspecified atom stereocenters. The zero-order valence-corrected chi connectivity index (χ0v) is 16.2. The van der Waals surface area contributed by atoms with Crippen LogP contribution in [0.15, 0.2) is 59.5 Å². The number of benzene rings is 2. The van der Waals surface area contributed by atoms with Crippen molar-refractivity contribution in [3.8, 4) is 11.5 Å². The van der Waals surface area contributed by atoms with Gasteiger partial charge in [0.05, 0.1) is 6.54 Å². The van der Waals surface area contributed by atoms with Crippen molar-refractivity contribution in [3.63, 3.8) is 0 Å². The lowest BCUT2D eigenvalue weighted by Crippen LogP contribution is -2.42. The van der Waals surface area contributed by atoms with E-state index < -0.39 is 11.9 Å². The lowest BCUT2D eigenvalue weighted by atomic mass is 10.2. The van der Waals surface area contributed by atoms with Gasteiger partial charge < -0.3 is 19.5 Å². The molecule has 28 heavy (non-hydrogen) atoms. The molecule has 1 N–H and O–H groups in total. The monoisotopic (exact) mass is 399 g/mol. The average Bonchev–Trinajstić information content (AvgIpc) is 2.75. The number of esters is 1. The van der Waals surface area contributed by atoms with E-state index in [-0.39, 0.29) is 19.3 Å².